The molecule has 0 spiro atoms. The van der Waals surface area contributed by atoms with Crippen LogP contribution in [0, 0.1) is 6.92 Å². The van der Waals surface area contributed by atoms with Gasteiger partial charge in [0.1, 0.15) is 16.8 Å². The van der Waals surface area contributed by atoms with E-state index in [2.05, 4.69) is 22.2 Å². The van der Waals surface area contributed by atoms with Crippen LogP contribution in [0.15, 0.2) is 0 Å². The summed E-state index contributed by atoms with van der Waals surface area (Å²) in [7, 11) is 0. The first-order chi connectivity index (χ1) is 8.61. The standard InChI is InChI=1S/C13H20ClN3O/c1-4-18-7-8(2)15-12-9(3)11(14)16-13(17-12)10-5-6-10/h8,10H,4-7H2,1-3H3,(H,15,16,17). The Morgan fingerprint density at radius 2 is 2.17 bits per heavy atom. The van der Waals surface area contributed by atoms with E-state index in [1.54, 1.807) is 0 Å². The first kappa shape index (κ1) is 13.6. The van der Waals surface area contributed by atoms with Gasteiger partial charge < -0.3 is 10.1 Å². The minimum atomic E-state index is 0.210. The molecule has 1 atom stereocenters. The van der Waals surface area contributed by atoms with Crippen molar-refractivity contribution in [1.82, 2.24) is 9.97 Å². The third-order valence-corrected chi connectivity index (χ3v) is 3.37. The average molecular weight is 270 g/mol. The quantitative estimate of drug-likeness (QED) is 0.806. The molecule has 1 aliphatic carbocycles. The van der Waals surface area contributed by atoms with Crippen molar-refractivity contribution in [1.29, 1.82) is 0 Å². The van der Waals surface area contributed by atoms with E-state index in [9.17, 15) is 0 Å². The number of nitrogens with one attached hydrogen (secondary N) is 1. The zero-order valence-electron chi connectivity index (χ0n) is 11.2. The molecule has 1 fully saturated rings. The van der Waals surface area contributed by atoms with E-state index in [1.807, 2.05) is 13.8 Å². The average Bonchev–Trinajstić information content (AvgIpc) is 3.16. The largest absolute Gasteiger partial charge is 0.380 e. The monoisotopic (exact) mass is 269 g/mol. The Bertz CT molecular complexity index is 421. The van der Waals surface area contributed by atoms with E-state index in [4.69, 9.17) is 16.3 Å². The summed E-state index contributed by atoms with van der Waals surface area (Å²) in [5, 5.41) is 3.90. The molecule has 4 nitrogen and oxygen atoms in total. The summed E-state index contributed by atoms with van der Waals surface area (Å²) in [5.41, 5.74) is 0.907. The Hall–Kier alpha value is -0.870. The molecule has 1 unspecified atom stereocenters. The van der Waals surface area contributed by atoms with Gasteiger partial charge in [0.25, 0.3) is 0 Å². The van der Waals surface area contributed by atoms with Crippen molar-refractivity contribution >= 4 is 17.4 Å². The first-order valence-corrected chi connectivity index (χ1v) is 6.88. The van der Waals surface area contributed by atoms with E-state index in [-0.39, 0.29) is 6.04 Å². The molecule has 0 saturated heterocycles. The maximum absolute atomic E-state index is 6.16. The molecule has 1 aromatic rings. The molecule has 0 aromatic carbocycles. The van der Waals surface area contributed by atoms with Gasteiger partial charge in [-0.05, 0) is 33.6 Å². The fraction of sp³-hybridized carbons (Fsp3) is 0.692. The number of nitrogens with zero attached hydrogens (tertiary/aromatic N) is 2. The van der Waals surface area contributed by atoms with Crippen LogP contribution in [-0.4, -0.2) is 29.2 Å². The minimum absolute atomic E-state index is 0.210. The van der Waals surface area contributed by atoms with Crippen molar-refractivity contribution in [3.63, 3.8) is 0 Å². The third-order valence-electron chi connectivity index (χ3n) is 3.00. The fourth-order valence-corrected chi connectivity index (χ4v) is 1.92. The number of ether oxygens (including phenoxy) is 1. The third kappa shape index (κ3) is 3.33. The van der Waals surface area contributed by atoms with Crippen LogP contribution < -0.4 is 5.32 Å². The van der Waals surface area contributed by atoms with Crippen molar-refractivity contribution < 1.29 is 4.74 Å². The second-order valence-electron chi connectivity index (χ2n) is 4.83. The molecular weight excluding hydrogens is 250 g/mol. The van der Waals surface area contributed by atoms with Crippen LogP contribution in [0.3, 0.4) is 0 Å². The highest BCUT2D eigenvalue weighted by molar-refractivity contribution is 6.30. The predicted molar refractivity (Wildman–Crippen MR) is 73.3 cm³/mol. The van der Waals surface area contributed by atoms with Gasteiger partial charge in [-0.15, -0.1) is 0 Å². The number of anilines is 1. The molecule has 0 radical (unpaired) electrons. The van der Waals surface area contributed by atoms with E-state index >= 15 is 0 Å². The summed E-state index contributed by atoms with van der Waals surface area (Å²) < 4.78 is 5.39. The van der Waals surface area contributed by atoms with Gasteiger partial charge in [0, 0.05) is 24.1 Å². The van der Waals surface area contributed by atoms with Gasteiger partial charge in [-0.2, -0.15) is 0 Å². The summed E-state index contributed by atoms with van der Waals surface area (Å²) in [6.45, 7) is 7.39. The molecule has 1 saturated carbocycles. The van der Waals surface area contributed by atoms with E-state index in [0.717, 1.165) is 23.8 Å². The fourth-order valence-electron chi connectivity index (χ4n) is 1.74. The van der Waals surface area contributed by atoms with E-state index in [1.165, 1.54) is 12.8 Å². The van der Waals surface area contributed by atoms with Gasteiger partial charge in [0.05, 0.1) is 6.61 Å². The number of aromatic nitrogens is 2. The van der Waals surface area contributed by atoms with Crippen LogP contribution in [0.1, 0.15) is 44.0 Å². The molecule has 0 aliphatic heterocycles. The predicted octanol–water partition coefficient (Wildman–Crippen LogP) is 3.15. The van der Waals surface area contributed by atoms with Crippen LogP contribution in [0.2, 0.25) is 5.15 Å². The van der Waals surface area contributed by atoms with Crippen LogP contribution >= 0.6 is 11.6 Å². The number of hydrogen-bond acceptors (Lipinski definition) is 4. The normalized spacial score (nSPS) is 16.7. The number of hydrogen-bond donors (Lipinski definition) is 1. The first-order valence-electron chi connectivity index (χ1n) is 6.50. The van der Waals surface area contributed by atoms with Gasteiger partial charge in [-0.1, -0.05) is 11.6 Å². The van der Waals surface area contributed by atoms with E-state index < -0.39 is 0 Å². The van der Waals surface area contributed by atoms with Crippen LogP contribution in [0.25, 0.3) is 0 Å². The molecule has 0 bridgehead atoms. The molecule has 100 valence electrons. The maximum Gasteiger partial charge on any atom is 0.137 e. The van der Waals surface area contributed by atoms with Gasteiger partial charge in [-0.3, -0.25) is 0 Å². The summed E-state index contributed by atoms with van der Waals surface area (Å²) in [6, 6.07) is 0.210. The van der Waals surface area contributed by atoms with Crippen molar-refractivity contribution in [3.05, 3.63) is 16.5 Å². The Balaban J connectivity index is 2.10. The van der Waals surface area contributed by atoms with Crippen LogP contribution in [-0.2, 0) is 4.74 Å². The van der Waals surface area contributed by atoms with Gasteiger partial charge in [0.15, 0.2) is 0 Å². The lowest BCUT2D eigenvalue weighted by Crippen LogP contribution is -2.23. The highest BCUT2D eigenvalue weighted by atomic mass is 35.5. The summed E-state index contributed by atoms with van der Waals surface area (Å²) >= 11 is 6.16. The highest BCUT2D eigenvalue weighted by Crippen LogP contribution is 2.39. The Morgan fingerprint density at radius 3 is 2.78 bits per heavy atom. The molecule has 2 rings (SSSR count). The molecular formula is C13H20ClN3O. The lowest BCUT2D eigenvalue weighted by molar-refractivity contribution is 0.141. The summed E-state index contributed by atoms with van der Waals surface area (Å²) in [5.74, 6) is 2.21. The van der Waals surface area contributed by atoms with Crippen molar-refractivity contribution in [3.8, 4) is 0 Å². The molecule has 1 heterocycles. The van der Waals surface area contributed by atoms with Gasteiger partial charge in [-0.25, -0.2) is 9.97 Å². The lowest BCUT2D eigenvalue weighted by Gasteiger charge is -2.17. The topological polar surface area (TPSA) is 47.0 Å². The molecule has 1 N–H and O–H groups in total. The number of halogens is 1. The number of rotatable bonds is 6. The summed E-state index contributed by atoms with van der Waals surface area (Å²) in [4.78, 5) is 8.93. The maximum atomic E-state index is 6.16. The Morgan fingerprint density at radius 1 is 1.44 bits per heavy atom. The molecule has 1 aliphatic rings. The minimum Gasteiger partial charge on any atom is -0.380 e. The lowest BCUT2D eigenvalue weighted by atomic mass is 10.3. The second kappa shape index (κ2) is 5.85. The SMILES string of the molecule is CCOCC(C)Nc1nc(C2CC2)nc(Cl)c1C. The highest BCUT2D eigenvalue weighted by Gasteiger charge is 2.28. The zero-order valence-corrected chi connectivity index (χ0v) is 11.9. The summed E-state index contributed by atoms with van der Waals surface area (Å²) in [6.07, 6.45) is 2.35. The second-order valence-corrected chi connectivity index (χ2v) is 5.18. The smallest absolute Gasteiger partial charge is 0.137 e. The van der Waals surface area contributed by atoms with Gasteiger partial charge >= 0.3 is 0 Å². The Kier molecular flexibility index (Phi) is 4.40. The molecule has 0 amide bonds. The van der Waals surface area contributed by atoms with Crippen LogP contribution in [0.5, 0.6) is 0 Å². The molecule has 1 aromatic heterocycles. The van der Waals surface area contributed by atoms with Crippen LogP contribution in [0.4, 0.5) is 5.82 Å². The van der Waals surface area contributed by atoms with Crippen molar-refractivity contribution in [2.75, 3.05) is 18.5 Å². The Labute approximate surface area is 113 Å². The van der Waals surface area contributed by atoms with E-state index in [0.29, 0.717) is 17.7 Å². The van der Waals surface area contributed by atoms with Crippen molar-refractivity contribution in [2.24, 2.45) is 0 Å². The molecule has 5 heteroatoms. The molecule has 18 heavy (non-hydrogen) atoms. The van der Waals surface area contributed by atoms with Gasteiger partial charge in [0.2, 0.25) is 0 Å². The van der Waals surface area contributed by atoms with Crippen molar-refractivity contribution in [2.45, 2.75) is 45.6 Å². The zero-order chi connectivity index (χ0) is 13.1.